The number of hydrogen-bond acceptors (Lipinski definition) is 5. The number of carbonyl (C=O) groups excluding carboxylic acids is 1. The van der Waals surface area contributed by atoms with Gasteiger partial charge >= 0.3 is 5.97 Å². The molecule has 7 heteroatoms. The van der Waals surface area contributed by atoms with Crippen molar-refractivity contribution in [3.63, 3.8) is 0 Å². The van der Waals surface area contributed by atoms with E-state index >= 15 is 0 Å². The summed E-state index contributed by atoms with van der Waals surface area (Å²) in [6.07, 6.45) is -1.47. The molecule has 0 spiro atoms. The number of aliphatic hydroxyl groups is 1. The molecule has 0 heterocycles. The van der Waals surface area contributed by atoms with Crippen molar-refractivity contribution in [3.8, 4) is 11.5 Å². The van der Waals surface area contributed by atoms with Crippen LogP contribution in [-0.2, 0) is 22.8 Å². The van der Waals surface area contributed by atoms with Gasteiger partial charge in [-0.1, -0.05) is 66.7 Å². The van der Waals surface area contributed by atoms with E-state index in [0.717, 1.165) is 11.1 Å². The van der Waals surface area contributed by atoms with Crippen LogP contribution in [-0.4, -0.2) is 28.1 Å². The first-order valence-corrected chi connectivity index (χ1v) is 10.1. The van der Waals surface area contributed by atoms with Crippen molar-refractivity contribution in [1.82, 2.24) is 5.32 Å². The highest BCUT2D eigenvalue weighted by Gasteiger charge is 2.29. The van der Waals surface area contributed by atoms with Gasteiger partial charge in [-0.25, -0.2) is 4.79 Å². The summed E-state index contributed by atoms with van der Waals surface area (Å²) in [6, 6.07) is 22.4. The van der Waals surface area contributed by atoms with Gasteiger partial charge in [0.1, 0.15) is 19.3 Å². The van der Waals surface area contributed by atoms with Gasteiger partial charge in [0.2, 0.25) is 5.91 Å². The molecule has 32 heavy (non-hydrogen) atoms. The Morgan fingerprint density at radius 1 is 0.844 bits per heavy atom. The molecule has 166 valence electrons. The molecule has 7 nitrogen and oxygen atoms in total. The van der Waals surface area contributed by atoms with Crippen molar-refractivity contribution in [2.24, 2.45) is 0 Å². The fraction of sp³-hybridized carbons (Fsp3) is 0.200. The number of amides is 1. The molecule has 1 amide bonds. The Hall–Kier alpha value is -3.84. The molecule has 0 bridgehead atoms. The number of carboxylic acid groups (broad SMARTS) is 1. The Kier molecular flexibility index (Phi) is 7.83. The number of carboxylic acids is 1. The molecule has 0 aliphatic heterocycles. The summed E-state index contributed by atoms with van der Waals surface area (Å²) in [4.78, 5) is 22.9. The second kappa shape index (κ2) is 11.0. The minimum Gasteiger partial charge on any atom is -0.485 e. The summed E-state index contributed by atoms with van der Waals surface area (Å²) in [7, 11) is 0. The third-order valence-corrected chi connectivity index (χ3v) is 4.72. The predicted octanol–water partition coefficient (Wildman–Crippen LogP) is 3.47. The van der Waals surface area contributed by atoms with Crippen LogP contribution < -0.4 is 14.8 Å². The van der Waals surface area contributed by atoms with Gasteiger partial charge in [-0.3, -0.25) is 4.79 Å². The van der Waals surface area contributed by atoms with Gasteiger partial charge in [-0.05, 0) is 28.8 Å². The summed E-state index contributed by atoms with van der Waals surface area (Å²) < 4.78 is 11.9. The van der Waals surface area contributed by atoms with E-state index in [1.807, 2.05) is 60.7 Å². The normalized spacial score (nSPS) is 12.4. The molecular weight excluding hydrogens is 410 g/mol. The zero-order chi connectivity index (χ0) is 22.9. The molecule has 3 rings (SSSR count). The lowest BCUT2D eigenvalue weighted by atomic mass is 10.0. The number of aliphatic carboxylic acids is 1. The monoisotopic (exact) mass is 435 g/mol. The SMILES string of the molecule is CC(=O)NC(C(=O)O)C(O)c1ccc(OCc2ccccc2)c(OCc2ccccc2)c1. The summed E-state index contributed by atoms with van der Waals surface area (Å²) in [6.45, 7) is 1.77. The molecule has 0 saturated heterocycles. The van der Waals surface area contributed by atoms with E-state index in [0.29, 0.717) is 18.1 Å². The largest absolute Gasteiger partial charge is 0.485 e. The quantitative estimate of drug-likeness (QED) is 0.450. The first-order valence-electron chi connectivity index (χ1n) is 10.1. The number of rotatable bonds is 10. The van der Waals surface area contributed by atoms with Crippen molar-refractivity contribution in [1.29, 1.82) is 0 Å². The molecule has 0 aromatic heterocycles. The number of nitrogens with one attached hydrogen (secondary N) is 1. The third-order valence-electron chi connectivity index (χ3n) is 4.72. The summed E-state index contributed by atoms with van der Waals surface area (Å²) in [5.74, 6) is -1.09. The maximum absolute atomic E-state index is 11.5. The highest BCUT2D eigenvalue weighted by Crippen LogP contribution is 2.33. The summed E-state index contributed by atoms with van der Waals surface area (Å²) in [5, 5.41) is 22.3. The molecule has 0 radical (unpaired) electrons. The maximum Gasteiger partial charge on any atom is 0.329 e. The van der Waals surface area contributed by atoms with Crippen molar-refractivity contribution >= 4 is 11.9 Å². The minimum atomic E-state index is -1.49. The summed E-state index contributed by atoms with van der Waals surface area (Å²) in [5.41, 5.74) is 2.19. The molecule has 0 fully saturated rings. The van der Waals surface area contributed by atoms with E-state index in [1.54, 1.807) is 12.1 Å². The predicted molar refractivity (Wildman–Crippen MR) is 118 cm³/mol. The van der Waals surface area contributed by atoms with Gasteiger partial charge < -0.3 is 25.0 Å². The first kappa shape index (κ1) is 22.8. The van der Waals surface area contributed by atoms with Crippen molar-refractivity contribution in [3.05, 3.63) is 95.6 Å². The molecule has 2 unspecified atom stereocenters. The zero-order valence-corrected chi connectivity index (χ0v) is 17.6. The lowest BCUT2D eigenvalue weighted by Gasteiger charge is -2.21. The molecule has 2 atom stereocenters. The molecule has 3 aromatic carbocycles. The lowest BCUT2D eigenvalue weighted by molar-refractivity contribution is -0.145. The average molecular weight is 435 g/mol. The van der Waals surface area contributed by atoms with Crippen LogP contribution in [0.4, 0.5) is 0 Å². The van der Waals surface area contributed by atoms with Crippen LogP contribution in [0.25, 0.3) is 0 Å². The Labute approximate surface area is 186 Å². The van der Waals surface area contributed by atoms with Gasteiger partial charge in [-0.2, -0.15) is 0 Å². The molecule has 0 aliphatic rings. The van der Waals surface area contributed by atoms with Crippen LogP contribution in [0.1, 0.15) is 29.7 Å². The molecule has 3 aromatic rings. The smallest absolute Gasteiger partial charge is 0.329 e. The van der Waals surface area contributed by atoms with E-state index in [1.165, 1.54) is 13.0 Å². The molecule has 0 saturated carbocycles. The number of aliphatic hydroxyl groups excluding tert-OH is 1. The van der Waals surface area contributed by atoms with Crippen molar-refractivity contribution in [2.75, 3.05) is 0 Å². The Bertz CT molecular complexity index is 1040. The highest BCUT2D eigenvalue weighted by atomic mass is 16.5. The molecule has 3 N–H and O–H groups in total. The fourth-order valence-electron chi connectivity index (χ4n) is 3.10. The van der Waals surface area contributed by atoms with Crippen LogP contribution in [0.3, 0.4) is 0 Å². The van der Waals surface area contributed by atoms with Gasteiger partial charge in [0.25, 0.3) is 0 Å². The fourth-order valence-corrected chi connectivity index (χ4v) is 3.10. The van der Waals surface area contributed by atoms with E-state index in [9.17, 15) is 19.8 Å². The van der Waals surface area contributed by atoms with Gasteiger partial charge in [0.15, 0.2) is 17.5 Å². The van der Waals surface area contributed by atoms with E-state index < -0.39 is 24.0 Å². The molecular formula is C25H25NO6. The standard InChI is InChI=1S/C25H25NO6/c1-17(27)26-23(25(29)30)24(28)20-12-13-21(31-15-18-8-4-2-5-9-18)22(14-20)32-16-19-10-6-3-7-11-19/h2-14,23-24,28H,15-16H2,1H3,(H,26,27)(H,29,30). The van der Waals surface area contributed by atoms with Crippen LogP contribution in [0.15, 0.2) is 78.9 Å². The van der Waals surface area contributed by atoms with E-state index in [2.05, 4.69) is 5.32 Å². The van der Waals surface area contributed by atoms with E-state index in [-0.39, 0.29) is 12.2 Å². The minimum absolute atomic E-state index is 0.260. The second-order valence-electron chi connectivity index (χ2n) is 7.22. The first-order chi connectivity index (χ1) is 15.4. The lowest BCUT2D eigenvalue weighted by Crippen LogP contribution is -2.44. The van der Waals surface area contributed by atoms with Crippen molar-refractivity contribution < 1.29 is 29.3 Å². The zero-order valence-electron chi connectivity index (χ0n) is 17.6. The maximum atomic E-state index is 11.5. The van der Waals surface area contributed by atoms with Crippen LogP contribution in [0.5, 0.6) is 11.5 Å². The topological polar surface area (TPSA) is 105 Å². The Morgan fingerprint density at radius 2 is 1.38 bits per heavy atom. The number of hydrogen-bond donors (Lipinski definition) is 3. The van der Waals surface area contributed by atoms with Crippen molar-refractivity contribution in [2.45, 2.75) is 32.3 Å². The molecule has 0 aliphatic carbocycles. The van der Waals surface area contributed by atoms with E-state index in [4.69, 9.17) is 9.47 Å². The third kappa shape index (κ3) is 6.33. The summed E-state index contributed by atoms with van der Waals surface area (Å²) >= 11 is 0. The Balaban J connectivity index is 1.85. The second-order valence-corrected chi connectivity index (χ2v) is 7.22. The van der Waals surface area contributed by atoms with Crippen LogP contribution in [0, 0.1) is 0 Å². The highest BCUT2D eigenvalue weighted by molar-refractivity contribution is 5.82. The number of carbonyl (C=O) groups is 2. The number of ether oxygens (including phenoxy) is 2. The van der Waals surface area contributed by atoms with Gasteiger partial charge in [0, 0.05) is 6.92 Å². The van der Waals surface area contributed by atoms with Crippen LogP contribution in [0.2, 0.25) is 0 Å². The van der Waals surface area contributed by atoms with Gasteiger partial charge in [-0.15, -0.1) is 0 Å². The number of benzene rings is 3. The Morgan fingerprint density at radius 3 is 1.88 bits per heavy atom. The average Bonchev–Trinajstić information content (AvgIpc) is 2.80. The van der Waals surface area contributed by atoms with Crippen LogP contribution >= 0.6 is 0 Å². The van der Waals surface area contributed by atoms with Gasteiger partial charge in [0.05, 0.1) is 0 Å².